The van der Waals surface area contributed by atoms with Gasteiger partial charge in [-0.25, -0.2) is 0 Å². The van der Waals surface area contributed by atoms with E-state index in [1.165, 1.54) is 0 Å². The van der Waals surface area contributed by atoms with Crippen molar-refractivity contribution in [1.29, 1.82) is 0 Å². The minimum Gasteiger partial charge on any atom is -0.335 e. The fourth-order valence-electron chi connectivity index (χ4n) is 2.10. The lowest BCUT2D eigenvalue weighted by molar-refractivity contribution is 0.389. The summed E-state index contributed by atoms with van der Waals surface area (Å²) >= 11 is 5.81. The molecule has 0 aliphatic carbocycles. The third kappa shape index (κ3) is 1.80. The third-order valence-corrected chi connectivity index (χ3v) is 7.59. The molecule has 3 nitrogen and oxygen atoms in total. The zero-order valence-corrected chi connectivity index (χ0v) is 11.3. The van der Waals surface area contributed by atoms with Gasteiger partial charge in [0.05, 0.1) is 21.6 Å². The monoisotopic (exact) mass is 290 g/mol. The Hall–Kier alpha value is -0.230. The number of rotatable bonds is 1. The van der Waals surface area contributed by atoms with Crippen LogP contribution in [-0.2, 0) is 26.3 Å². The number of epoxide rings is 1. The molecule has 2 aliphatic heterocycles. The van der Waals surface area contributed by atoms with Crippen LogP contribution in [0.4, 0.5) is 0 Å². The molecular weight excluding hydrogens is 280 g/mol. The van der Waals surface area contributed by atoms with Crippen molar-refractivity contribution in [3.63, 3.8) is 0 Å². The van der Waals surface area contributed by atoms with Crippen LogP contribution < -0.4 is 0 Å². The molecule has 1 aromatic rings. The summed E-state index contributed by atoms with van der Waals surface area (Å²) in [5.41, 5.74) is 0.901. The van der Waals surface area contributed by atoms with Crippen molar-refractivity contribution < 1.29 is 13.2 Å². The van der Waals surface area contributed by atoms with Gasteiger partial charge in [-0.3, -0.25) is 8.42 Å². The highest BCUT2D eigenvalue weighted by atomic mass is 35.5. The van der Waals surface area contributed by atoms with Crippen molar-refractivity contribution in [2.24, 2.45) is 0 Å². The molecule has 1 aromatic carbocycles. The van der Waals surface area contributed by atoms with Crippen LogP contribution in [0, 0.1) is 0 Å². The van der Waals surface area contributed by atoms with Crippen molar-refractivity contribution >= 4 is 33.2 Å². The highest BCUT2D eigenvalue weighted by Crippen LogP contribution is 2.56. The quantitative estimate of drug-likeness (QED) is 0.743. The summed E-state index contributed by atoms with van der Waals surface area (Å²) in [5, 5.41) is 0.648. The van der Waals surface area contributed by atoms with Gasteiger partial charge in [-0.15, -0.1) is 0 Å². The molecule has 2 unspecified atom stereocenters. The molecule has 2 heterocycles. The predicted octanol–water partition coefficient (Wildman–Crippen LogP) is 1.97. The van der Waals surface area contributed by atoms with Crippen LogP contribution in [-0.4, -0.2) is 24.2 Å². The van der Waals surface area contributed by atoms with E-state index in [4.69, 9.17) is 16.3 Å². The Morgan fingerprint density at radius 2 is 1.76 bits per heavy atom. The Morgan fingerprint density at radius 1 is 1.18 bits per heavy atom. The average molecular weight is 291 g/mol. The molecule has 0 aromatic heterocycles. The predicted molar refractivity (Wildman–Crippen MR) is 68.6 cm³/mol. The van der Waals surface area contributed by atoms with Gasteiger partial charge in [0.2, 0.25) is 4.27 Å². The van der Waals surface area contributed by atoms with E-state index < -0.39 is 25.9 Å². The standard InChI is InChI=1S/C11H11ClO3S2/c12-9-4-2-8(3-5-9)10-11(15-10)16(13)6-1-7-17(11)14/h2-5,10H,1,6-7H2/t10-,11?,16?,17?/m1/s1. The fraction of sp³-hybridized carbons (Fsp3) is 0.455. The first kappa shape index (κ1) is 11.8. The zero-order chi connectivity index (χ0) is 12.0. The van der Waals surface area contributed by atoms with Gasteiger partial charge in [-0.05, 0) is 24.1 Å². The Bertz CT molecular complexity index is 484. The van der Waals surface area contributed by atoms with Crippen LogP contribution in [0.5, 0.6) is 0 Å². The maximum absolute atomic E-state index is 12.0. The molecule has 0 saturated carbocycles. The molecule has 0 N–H and O–H groups in total. The Labute approximate surface area is 109 Å². The summed E-state index contributed by atoms with van der Waals surface area (Å²) in [6.07, 6.45) is 0.444. The van der Waals surface area contributed by atoms with Crippen molar-refractivity contribution in [3.05, 3.63) is 34.9 Å². The van der Waals surface area contributed by atoms with E-state index in [1.807, 2.05) is 12.1 Å². The number of halogens is 1. The lowest BCUT2D eigenvalue weighted by Crippen LogP contribution is -2.34. The number of hydrogen-bond donors (Lipinski definition) is 0. The molecule has 92 valence electrons. The normalized spacial score (nSPS) is 40.4. The Morgan fingerprint density at radius 3 is 2.35 bits per heavy atom. The maximum Gasteiger partial charge on any atom is 0.249 e. The SMILES string of the molecule is O=S1CCCS(=O)C12O[C@@H]2c1ccc(Cl)cc1. The molecule has 2 saturated heterocycles. The first-order chi connectivity index (χ1) is 8.14. The Balaban J connectivity index is 1.91. The van der Waals surface area contributed by atoms with Gasteiger partial charge in [0, 0.05) is 16.5 Å². The van der Waals surface area contributed by atoms with Gasteiger partial charge in [0.1, 0.15) is 6.10 Å². The summed E-state index contributed by atoms with van der Waals surface area (Å²) in [6, 6.07) is 7.21. The summed E-state index contributed by atoms with van der Waals surface area (Å²) in [7, 11) is -2.32. The molecule has 6 heteroatoms. The van der Waals surface area contributed by atoms with Crippen LogP contribution in [0.15, 0.2) is 24.3 Å². The third-order valence-electron chi connectivity index (χ3n) is 3.01. The average Bonchev–Trinajstić information content (AvgIpc) is 3.04. The molecule has 2 fully saturated rings. The van der Waals surface area contributed by atoms with Crippen molar-refractivity contribution in [3.8, 4) is 0 Å². The summed E-state index contributed by atoms with van der Waals surface area (Å²) in [6.45, 7) is 0. The number of benzene rings is 1. The largest absolute Gasteiger partial charge is 0.335 e. The van der Waals surface area contributed by atoms with Crippen molar-refractivity contribution in [2.45, 2.75) is 16.8 Å². The van der Waals surface area contributed by atoms with E-state index in [0.717, 1.165) is 12.0 Å². The lowest BCUT2D eigenvalue weighted by atomic mass is 10.2. The highest BCUT2D eigenvalue weighted by molar-refractivity contribution is 8.05. The van der Waals surface area contributed by atoms with Crippen molar-refractivity contribution in [2.75, 3.05) is 11.5 Å². The molecule has 2 aliphatic rings. The second kappa shape index (κ2) is 4.16. The number of hydrogen-bond acceptors (Lipinski definition) is 3. The molecule has 1 spiro atoms. The van der Waals surface area contributed by atoms with E-state index in [2.05, 4.69) is 0 Å². The van der Waals surface area contributed by atoms with Crippen LogP contribution >= 0.6 is 11.6 Å². The second-order valence-corrected chi connectivity index (χ2v) is 8.21. The van der Waals surface area contributed by atoms with Gasteiger partial charge in [0.25, 0.3) is 0 Å². The summed E-state index contributed by atoms with van der Waals surface area (Å²) < 4.78 is 28.6. The maximum atomic E-state index is 12.0. The van der Waals surface area contributed by atoms with Crippen LogP contribution in [0.25, 0.3) is 0 Å². The van der Waals surface area contributed by atoms with E-state index >= 15 is 0 Å². The summed E-state index contributed by atoms with van der Waals surface area (Å²) in [4.78, 5) is 0. The molecule has 17 heavy (non-hydrogen) atoms. The van der Waals surface area contributed by atoms with Gasteiger partial charge < -0.3 is 4.74 Å². The molecule has 3 atom stereocenters. The molecule has 0 amide bonds. The Kier molecular flexibility index (Phi) is 2.89. The smallest absolute Gasteiger partial charge is 0.249 e. The molecular formula is C11H11ClO3S2. The molecule has 3 rings (SSSR count). The second-order valence-electron chi connectivity index (χ2n) is 4.11. The van der Waals surface area contributed by atoms with Gasteiger partial charge >= 0.3 is 0 Å². The van der Waals surface area contributed by atoms with E-state index in [9.17, 15) is 8.42 Å². The van der Waals surface area contributed by atoms with E-state index in [-0.39, 0.29) is 6.10 Å². The minimum atomic E-state index is -1.16. The minimum absolute atomic E-state index is 0.304. The fourth-order valence-corrected chi connectivity index (χ4v) is 6.27. The summed E-state index contributed by atoms with van der Waals surface area (Å²) in [5.74, 6) is 1.16. The van der Waals surface area contributed by atoms with Crippen LogP contribution in [0.1, 0.15) is 18.1 Å². The molecule has 0 radical (unpaired) electrons. The van der Waals surface area contributed by atoms with E-state index in [0.29, 0.717) is 16.5 Å². The van der Waals surface area contributed by atoms with Gasteiger partial charge in [-0.2, -0.15) is 0 Å². The lowest BCUT2D eigenvalue weighted by Gasteiger charge is -2.17. The topological polar surface area (TPSA) is 46.7 Å². The number of ether oxygens (including phenoxy) is 1. The van der Waals surface area contributed by atoms with Crippen LogP contribution in [0.3, 0.4) is 0 Å². The first-order valence-electron chi connectivity index (χ1n) is 5.35. The zero-order valence-electron chi connectivity index (χ0n) is 8.93. The van der Waals surface area contributed by atoms with Gasteiger partial charge in [0.15, 0.2) is 0 Å². The van der Waals surface area contributed by atoms with Crippen molar-refractivity contribution in [1.82, 2.24) is 0 Å². The highest BCUT2D eigenvalue weighted by Gasteiger charge is 2.67. The van der Waals surface area contributed by atoms with Gasteiger partial charge in [-0.1, -0.05) is 23.7 Å². The molecule has 0 bridgehead atoms. The first-order valence-corrected chi connectivity index (χ1v) is 8.36. The van der Waals surface area contributed by atoms with Crippen LogP contribution in [0.2, 0.25) is 5.02 Å². The van der Waals surface area contributed by atoms with E-state index in [1.54, 1.807) is 12.1 Å².